The molecular formula is C18H19N3. The number of aryl methyl sites for hydroxylation is 1. The highest BCUT2D eigenvalue weighted by Crippen LogP contribution is 2.33. The SMILES string of the molecule is Cc1ccc2c(c1)c1c(n2Cc2cccnc2)CN(C)C1. The summed E-state index contributed by atoms with van der Waals surface area (Å²) in [6.45, 7) is 5.15. The predicted molar refractivity (Wildman–Crippen MR) is 85.2 cm³/mol. The Labute approximate surface area is 124 Å². The third kappa shape index (κ3) is 2.05. The third-order valence-electron chi connectivity index (χ3n) is 4.35. The lowest BCUT2D eigenvalue weighted by molar-refractivity contribution is 0.348. The molecule has 0 radical (unpaired) electrons. The van der Waals surface area contributed by atoms with Crippen molar-refractivity contribution in [3.63, 3.8) is 0 Å². The molecule has 0 amide bonds. The van der Waals surface area contributed by atoms with Gasteiger partial charge in [0.1, 0.15) is 0 Å². The van der Waals surface area contributed by atoms with Crippen molar-refractivity contribution in [2.45, 2.75) is 26.6 Å². The van der Waals surface area contributed by atoms with Gasteiger partial charge < -0.3 is 4.57 Å². The van der Waals surface area contributed by atoms with Crippen molar-refractivity contribution in [3.8, 4) is 0 Å². The Balaban J connectivity index is 1.90. The molecule has 1 aliphatic heterocycles. The molecule has 4 rings (SSSR count). The Hall–Kier alpha value is -2.13. The third-order valence-corrected chi connectivity index (χ3v) is 4.35. The van der Waals surface area contributed by atoms with Crippen molar-refractivity contribution in [3.05, 3.63) is 65.1 Å². The van der Waals surface area contributed by atoms with Gasteiger partial charge in [-0.05, 0) is 43.3 Å². The minimum absolute atomic E-state index is 0.899. The van der Waals surface area contributed by atoms with Crippen molar-refractivity contribution < 1.29 is 0 Å². The lowest BCUT2D eigenvalue weighted by Gasteiger charge is -2.12. The normalized spacial score (nSPS) is 14.8. The highest BCUT2D eigenvalue weighted by molar-refractivity contribution is 5.86. The number of hydrogen-bond donors (Lipinski definition) is 0. The Kier molecular flexibility index (Phi) is 2.82. The van der Waals surface area contributed by atoms with Gasteiger partial charge in [0.15, 0.2) is 0 Å². The summed E-state index contributed by atoms with van der Waals surface area (Å²) in [6.07, 6.45) is 3.80. The summed E-state index contributed by atoms with van der Waals surface area (Å²) in [7, 11) is 2.19. The van der Waals surface area contributed by atoms with Crippen LogP contribution in [0.1, 0.15) is 22.4 Å². The standard InChI is InChI=1S/C18H19N3/c1-13-5-6-17-15(8-13)16-11-20(2)12-18(16)21(17)10-14-4-3-7-19-9-14/h3-9H,10-12H2,1-2H3. The molecule has 1 aliphatic rings. The number of pyridine rings is 1. The second-order valence-electron chi connectivity index (χ2n) is 6.07. The van der Waals surface area contributed by atoms with E-state index in [-0.39, 0.29) is 0 Å². The van der Waals surface area contributed by atoms with E-state index >= 15 is 0 Å². The van der Waals surface area contributed by atoms with E-state index in [0.717, 1.165) is 19.6 Å². The number of fused-ring (bicyclic) bond motifs is 3. The average molecular weight is 277 g/mol. The van der Waals surface area contributed by atoms with Gasteiger partial charge in [-0.2, -0.15) is 0 Å². The second-order valence-corrected chi connectivity index (χ2v) is 6.07. The zero-order chi connectivity index (χ0) is 14.4. The zero-order valence-corrected chi connectivity index (χ0v) is 12.5. The molecule has 0 saturated heterocycles. The maximum atomic E-state index is 4.24. The molecule has 3 nitrogen and oxygen atoms in total. The predicted octanol–water partition coefficient (Wildman–Crippen LogP) is 3.34. The van der Waals surface area contributed by atoms with Gasteiger partial charge in [0, 0.05) is 48.6 Å². The van der Waals surface area contributed by atoms with Crippen LogP contribution in [-0.4, -0.2) is 21.5 Å². The van der Waals surface area contributed by atoms with E-state index in [0.29, 0.717) is 0 Å². The van der Waals surface area contributed by atoms with Gasteiger partial charge in [-0.15, -0.1) is 0 Å². The van der Waals surface area contributed by atoms with E-state index in [4.69, 9.17) is 0 Å². The molecule has 2 aromatic heterocycles. The van der Waals surface area contributed by atoms with Gasteiger partial charge in [-0.3, -0.25) is 9.88 Å². The van der Waals surface area contributed by atoms with Crippen LogP contribution in [0.15, 0.2) is 42.7 Å². The molecule has 0 atom stereocenters. The van der Waals surface area contributed by atoms with Crippen LogP contribution in [0.4, 0.5) is 0 Å². The highest BCUT2D eigenvalue weighted by Gasteiger charge is 2.24. The van der Waals surface area contributed by atoms with E-state index in [1.807, 2.05) is 18.5 Å². The summed E-state index contributed by atoms with van der Waals surface area (Å²) >= 11 is 0. The fourth-order valence-corrected chi connectivity index (χ4v) is 3.38. The van der Waals surface area contributed by atoms with Gasteiger partial charge >= 0.3 is 0 Å². The number of nitrogens with zero attached hydrogens (tertiary/aromatic N) is 3. The Morgan fingerprint density at radius 2 is 2.10 bits per heavy atom. The molecule has 106 valence electrons. The summed E-state index contributed by atoms with van der Waals surface area (Å²) < 4.78 is 2.46. The summed E-state index contributed by atoms with van der Waals surface area (Å²) in [5.74, 6) is 0. The van der Waals surface area contributed by atoms with Crippen molar-refractivity contribution in [1.82, 2.24) is 14.5 Å². The lowest BCUT2D eigenvalue weighted by atomic mass is 10.1. The first kappa shape index (κ1) is 12.6. The largest absolute Gasteiger partial charge is 0.338 e. The number of rotatable bonds is 2. The van der Waals surface area contributed by atoms with E-state index in [1.54, 1.807) is 0 Å². The molecule has 3 heteroatoms. The number of aromatic nitrogens is 2. The van der Waals surface area contributed by atoms with Gasteiger partial charge in [0.05, 0.1) is 0 Å². The fourth-order valence-electron chi connectivity index (χ4n) is 3.38. The van der Waals surface area contributed by atoms with E-state index in [1.165, 1.54) is 33.3 Å². The van der Waals surface area contributed by atoms with Gasteiger partial charge in [0.25, 0.3) is 0 Å². The van der Waals surface area contributed by atoms with Crippen LogP contribution >= 0.6 is 0 Å². The average Bonchev–Trinajstić information content (AvgIpc) is 2.98. The molecule has 3 aromatic rings. The summed E-state index contributed by atoms with van der Waals surface area (Å²) in [5, 5.41) is 1.42. The van der Waals surface area contributed by atoms with Crippen molar-refractivity contribution >= 4 is 10.9 Å². The molecule has 0 unspecified atom stereocenters. The van der Waals surface area contributed by atoms with Crippen LogP contribution in [0.2, 0.25) is 0 Å². The van der Waals surface area contributed by atoms with E-state index in [2.05, 4.69) is 52.7 Å². The van der Waals surface area contributed by atoms with Crippen LogP contribution in [-0.2, 0) is 19.6 Å². The first-order chi connectivity index (χ1) is 10.2. The fraction of sp³-hybridized carbons (Fsp3) is 0.278. The molecule has 0 saturated carbocycles. The molecule has 0 N–H and O–H groups in total. The van der Waals surface area contributed by atoms with Crippen molar-refractivity contribution in [1.29, 1.82) is 0 Å². The van der Waals surface area contributed by atoms with Crippen molar-refractivity contribution in [2.75, 3.05) is 7.05 Å². The Morgan fingerprint density at radius 3 is 2.90 bits per heavy atom. The first-order valence-electron chi connectivity index (χ1n) is 7.40. The summed E-state index contributed by atoms with van der Waals surface area (Å²) in [5.41, 5.74) is 6.90. The number of hydrogen-bond acceptors (Lipinski definition) is 2. The molecule has 0 bridgehead atoms. The molecular weight excluding hydrogens is 258 g/mol. The number of benzene rings is 1. The maximum absolute atomic E-state index is 4.24. The minimum atomic E-state index is 0.899. The quantitative estimate of drug-likeness (QED) is 0.716. The van der Waals surface area contributed by atoms with Crippen LogP contribution in [0, 0.1) is 6.92 Å². The molecule has 1 aromatic carbocycles. The lowest BCUT2D eigenvalue weighted by Crippen LogP contribution is -2.12. The monoisotopic (exact) mass is 277 g/mol. The Bertz CT molecular complexity index is 802. The van der Waals surface area contributed by atoms with Crippen LogP contribution in [0.5, 0.6) is 0 Å². The highest BCUT2D eigenvalue weighted by atomic mass is 15.2. The topological polar surface area (TPSA) is 21.1 Å². The van der Waals surface area contributed by atoms with Gasteiger partial charge in [-0.1, -0.05) is 17.7 Å². The second kappa shape index (κ2) is 4.71. The summed E-state index contributed by atoms with van der Waals surface area (Å²) in [6, 6.07) is 11.0. The van der Waals surface area contributed by atoms with E-state index < -0.39 is 0 Å². The molecule has 3 heterocycles. The zero-order valence-electron chi connectivity index (χ0n) is 12.5. The summed E-state index contributed by atoms with van der Waals surface area (Å²) in [4.78, 5) is 6.63. The van der Waals surface area contributed by atoms with E-state index in [9.17, 15) is 0 Å². The van der Waals surface area contributed by atoms with Crippen LogP contribution < -0.4 is 0 Å². The minimum Gasteiger partial charge on any atom is -0.338 e. The van der Waals surface area contributed by atoms with Gasteiger partial charge in [-0.25, -0.2) is 0 Å². The smallest absolute Gasteiger partial charge is 0.0494 e. The first-order valence-corrected chi connectivity index (χ1v) is 7.40. The van der Waals surface area contributed by atoms with Crippen LogP contribution in [0.3, 0.4) is 0 Å². The van der Waals surface area contributed by atoms with Crippen molar-refractivity contribution in [2.24, 2.45) is 0 Å². The molecule has 0 fully saturated rings. The molecule has 0 spiro atoms. The van der Waals surface area contributed by atoms with Crippen LogP contribution in [0.25, 0.3) is 10.9 Å². The Morgan fingerprint density at radius 1 is 1.19 bits per heavy atom. The maximum Gasteiger partial charge on any atom is 0.0494 e. The van der Waals surface area contributed by atoms with Gasteiger partial charge in [0.2, 0.25) is 0 Å². The molecule has 21 heavy (non-hydrogen) atoms. The molecule has 0 aliphatic carbocycles.